The van der Waals surface area contributed by atoms with E-state index >= 15 is 0 Å². The van der Waals surface area contributed by atoms with Gasteiger partial charge in [-0.25, -0.2) is 4.98 Å². The molecule has 0 aliphatic carbocycles. The van der Waals surface area contributed by atoms with Crippen LogP contribution in [0.2, 0.25) is 0 Å². The quantitative estimate of drug-likeness (QED) is 0.640. The topological polar surface area (TPSA) is 57.4 Å². The van der Waals surface area contributed by atoms with Gasteiger partial charge in [0.15, 0.2) is 18.4 Å². The Kier molecular flexibility index (Phi) is 3.94. The third-order valence-electron chi connectivity index (χ3n) is 1.59. The van der Waals surface area contributed by atoms with Crippen LogP contribution < -0.4 is 10.5 Å². The Morgan fingerprint density at radius 2 is 2.06 bits per heavy atom. The van der Waals surface area contributed by atoms with Crippen LogP contribution in [0.5, 0.6) is 5.75 Å². The summed E-state index contributed by atoms with van der Waals surface area (Å²) in [5, 5.41) is 0. The molecule has 1 aromatic rings. The fourth-order valence-corrected chi connectivity index (χ4v) is 0.949. The van der Waals surface area contributed by atoms with E-state index in [-0.39, 0.29) is 11.6 Å². The molecule has 1 heterocycles. The van der Waals surface area contributed by atoms with Crippen molar-refractivity contribution in [3.8, 4) is 5.75 Å². The second-order valence-corrected chi connectivity index (χ2v) is 3.06. The second-order valence-electron chi connectivity index (χ2n) is 3.06. The molecule has 0 bridgehead atoms. The number of nitrogen functional groups attached to an aromatic ring is 1. The number of nitrogens with zero attached hydrogens (tertiary/aromatic N) is 1. The molecule has 0 aliphatic heterocycles. The van der Waals surface area contributed by atoms with Crippen LogP contribution in [0.1, 0.15) is 5.69 Å². The van der Waals surface area contributed by atoms with Crippen LogP contribution >= 0.6 is 0 Å². The maximum atomic E-state index is 11.7. The summed E-state index contributed by atoms with van der Waals surface area (Å²) in [4.78, 5) is 3.88. The number of rotatable bonds is 4. The lowest BCUT2D eigenvalue weighted by atomic mass is 10.3. The molecule has 0 spiro atoms. The van der Waals surface area contributed by atoms with Gasteiger partial charge in [0.1, 0.15) is 6.61 Å². The highest BCUT2D eigenvalue weighted by molar-refractivity contribution is 5.45. The van der Waals surface area contributed by atoms with Gasteiger partial charge in [0.25, 0.3) is 0 Å². The molecule has 0 amide bonds. The summed E-state index contributed by atoms with van der Waals surface area (Å²) >= 11 is 0. The van der Waals surface area contributed by atoms with Crippen molar-refractivity contribution in [3.05, 3.63) is 17.8 Å². The average molecular weight is 236 g/mol. The standard InChI is InChI=1S/C9H11F3N2O2/c1-6-2-3-7(8(13)14-6)16-5-15-4-9(10,11)12/h2-3H,4-5H2,1H3,(H2,13,14). The molecule has 0 fully saturated rings. The zero-order valence-electron chi connectivity index (χ0n) is 8.54. The predicted octanol–water partition coefficient (Wildman–Crippen LogP) is 1.89. The summed E-state index contributed by atoms with van der Waals surface area (Å²) in [7, 11) is 0. The first kappa shape index (κ1) is 12.6. The SMILES string of the molecule is Cc1ccc(OCOCC(F)(F)F)c(N)n1. The number of anilines is 1. The van der Waals surface area contributed by atoms with Gasteiger partial charge >= 0.3 is 6.18 Å². The smallest absolute Gasteiger partial charge is 0.411 e. The number of nitrogens with two attached hydrogens (primary N) is 1. The van der Waals surface area contributed by atoms with E-state index in [2.05, 4.69) is 9.72 Å². The van der Waals surface area contributed by atoms with E-state index in [1.54, 1.807) is 13.0 Å². The molecule has 2 N–H and O–H groups in total. The van der Waals surface area contributed by atoms with E-state index in [1.807, 2.05) is 0 Å². The predicted molar refractivity (Wildman–Crippen MR) is 50.9 cm³/mol. The number of halogens is 3. The molecule has 0 saturated heterocycles. The molecule has 16 heavy (non-hydrogen) atoms. The minimum atomic E-state index is -4.36. The van der Waals surface area contributed by atoms with Crippen LogP contribution in [0.15, 0.2) is 12.1 Å². The fraction of sp³-hybridized carbons (Fsp3) is 0.444. The van der Waals surface area contributed by atoms with E-state index in [0.717, 1.165) is 0 Å². The Morgan fingerprint density at radius 1 is 1.38 bits per heavy atom. The molecule has 0 atom stereocenters. The Labute approximate surface area is 90.2 Å². The molecule has 0 radical (unpaired) electrons. The normalized spacial score (nSPS) is 11.5. The first-order valence-corrected chi connectivity index (χ1v) is 4.39. The summed E-state index contributed by atoms with van der Waals surface area (Å²) < 4.78 is 44.2. The van der Waals surface area contributed by atoms with Crippen LogP contribution in [-0.4, -0.2) is 24.6 Å². The highest BCUT2D eigenvalue weighted by Crippen LogP contribution is 2.19. The second kappa shape index (κ2) is 5.02. The fourth-order valence-electron chi connectivity index (χ4n) is 0.949. The molecular formula is C9H11F3N2O2. The van der Waals surface area contributed by atoms with Gasteiger partial charge in [-0.2, -0.15) is 13.2 Å². The maximum Gasteiger partial charge on any atom is 0.411 e. The lowest BCUT2D eigenvalue weighted by molar-refractivity contribution is -0.186. The lowest BCUT2D eigenvalue weighted by Crippen LogP contribution is -2.19. The number of aryl methyl sites for hydroxylation is 1. The van der Waals surface area contributed by atoms with E-state index in [4.69, 9.17) is 10.5 Å². The van der Waals surface area contributed by atoms with Gasteiger partial charge in [-0.3, -0.25) is 0 Å². The lowest BCUT2D eigenvalue weighted by Gasteiger charge is -2.10. The van der Waals surface area contributed by atoms with Gasteiger partial charge in [0.2, 0.25) is 0 Å². The van der Waals surface area contributed by atoms with Crippen molar-refractivity contribution in [2.75, 3.05) is 19.1 Å². The van der Waals surface area contributed by atoms with Gasteiger partial charge in [-0.15, -0.1) is 0 Å². The molecule has 0 aromatic carbocycles. The number of pyridine rings is 1. The van der Waals surface area contributed by atoms with E-state index in [9.17, 15) is 13.2 Å². The van der Waals surface area contributed by atoms with Gasteiger partial charge in [0.05, 0.1) is 0 Å². The molecular weight excluding hydrogens is 225 g/mol. The van der Waals surface area contributed by atoms with Crippen molar-refractivity contribution in [1.29, 1.82) is 0 Å². The average Bonchev–Trinajstić information content (AvgIpc) is 2.13. The minimum Gasteiger partial charge on any atom is -0.464 e. The molecule has 1 rings (SSSR count). The summed E-state index contributed by atoms with van der Waals surface area (Å²) in [5.41, 5.74) is 6.17. The number of alkyl halides is 3. The molecule has 4 nitrogen and oxygen atoms in total. The van der Waals surface area contributed by atoms with Crippen molar-refractivity contribution in [2.24, 2.45) is 0 Å². The van der Waals surface area contributed by atoms with Crippen LogP contribution in [0, 0.1) is 6.92 Å². The number of aromatic nitrogens is 1. The third kappa shape index (κ3) is 4.35. The highest BCUT2D eigenvalue weighted by Gasteiger charge is 2.27. The van der Waals surface area contributed by atoms with E-state index in [1.165, 1.54) is 6.07 Å². The number of ether oxygens (including phenoxy) is 2. The van der Waals surface area contributed by atoms with Crippen LogP contribution in [0.25, 0.3) is 0 Å². The first-order valence-electron chi connectivity index (χ1n) is 4.39. The Morgan fingerprint density at radius 3 is 2.62 bits per heavy atom. The molecule has 90 valence electrons. The number of hydrogen-bond acceptors (Lipinski definition) is 4. The summed E-state index contributed by atoms with van der Waals surface area (Å²) in [5.74, 6) is 0.323. The van der Waals surface area contributed by atoms with Crippen LogP contribution in [-0.2, 0) is 4.74 Å². The molecule has 0 saturated carbocycles. The Balaban J connectivity index is 2.38. The monoisotopic (exact) mass is 236 g/mol. The maximum absolute atomic E-state index is 11.7. The number of hydrogen-bond donors (Lipinski definition) is 1. The van der Waals surface area contributed by atoms with Crippen molar-refractivity contribution in [1.82, 2.24) is 4.98 Å². The van der Waals surface area contributed by atoms with Gasteiger partial charge in [-0.05, 0) is 19.1 Å². The van der Waals surface area contributed by atoms with Gasteiger partial charge < -0.3 is 15.2 Å². The third-order valence-corrected chi connectivity index (χ3v) is 1.59. The highest BCUT2D eigenvalue weighted by atomic mass is 19.4. The molecule has 1 aromatic heterocycles. The van der Waals surface area contributed by atoms with E-state index < -0.39 is 19.6 Å². The van der Waals surface area contributed by atoms with Crippen molar-refractivity contribution < 1.29 is 22.6 Å². The zero-order valence-corrected chi connectivity index (χ0v) is 8.54. The molecule has 7 heteroatoms. The van der Waals surface area contributed by atoms with Crippen molar-refractivity contribution in [3.63, 3.8) is 0 Å². The van der Waals surface area contributed by atoms with Gasteiger partial charge in [-0.1, -0.05) is 0 Å². The summed E-state index contributed by atoms with van der Waals surface area (Å²) in [6, 6.07) is 3.16. The zero-order chi connectivity index (χ0) is 12.2. The van der Waals surface area contributed by atoms with Crippen molar-refractivity contribution >= 4 is 5.82 Å². The Hall–Kier alpha value is -1.50. The molecule has 0 unspecified atom stereocenters. The Bertz CT molecular complexity index is 355. The summed E-state index contributed by atoms with van der Waals surface area (Å²) in [6.45, 7) is -0.138. The summed E-state index contributed by atoms with van der Waals surface area (Å²) in [6.07, 6.45) is -4.36. The largest absolute Gasteiger partial charge is 0.464 e. The minimum absolute atomic E-state index is 0.121. The van der Waals surface area contributed by atoms with Crippen LogP contribution in [0.3, 0.4) is 0 Å². The van der Waals surface area contributed by atoms with Crippen molar-refractivity contribution in [2.45, 2.75) is 13.1 Å². The van der Waals surface area contributed by atoms with Gasteiger partial charge in [0, 0.05) is 5.69 Å². The first-order chi connectivity index (χ1) is 7.38. The molecule has 0 aliphatic rings. The van der Waals surface area contributed by atoms with E-state index in [0.29, 0.717) is 5.69 Å². The van der Waals surface area contributed by atoms with Crippen LogP contribution in [0.4, 0.5) is 19.0 Å².